The molecule has 1 heterocycles. The normalized spacial score (nSPS) is 11.1. The molecule has 3 heteroatoms. The van der Waals surface area contributed by atoms with Crippen molar-refractivity contribution >= 4 is 11.0 Å². The second-order valence-electron chi connectivity index (χ2n) is 5.29. The van der Waals surface area contributed by atoms with Gasteiger partial charge in [-0.25, -0.2) is 4.98 Å². The zero-order valence-electron chi connectivity index (χ0n) is 12.4. The molecule has 108 valence electrons. The van der Waals surface area contributed by atoms with Gasteiger partial charge in [-0.2, -0.15) is 0 Å². The van der Waals surface area contributed by atoms with Gasteiger partial charge in [0.25, 0.3) is 0 Å². The molecular formula is C17H25N3. The van der Waals surface area contributed by atoms with Crippen molar-refractivity contribution < 1.29 is 0 Å². The van der Waals surface area contributed by atoms with Crippen molar-refractivity contribution in [1.29, 1.82) is 0 Å². The van der Waals surface area contributed by atoms with Gasteiger partial charge in [-0.3, -0.25) is 4.98 Å². The third-order valence-corrected chi connectivity index (χ3v) is 3.51. The van der Waals surface area contributed by atoms with Gasteiger partial charge in [0.05, 0.1) is 22.9 Å². The lowest BCUT2D eigenvalue weighted by Crippen LogP contribution is -2.15. The summed E-state index contributed by atoms with van der Waals surface area (Å²) in [5, 5.41) is 3.45. The van der Waals surface area contributed by atoms with E-state index < -0.39 is 0 Å². The Balaban J connectivity index is 1.65. The van der Waals surface area contributed by atoms with Gasteiger partial charge in [0.15, 0.2) is 0 Å². The van der Waals surface area contributed by atoms with E-state index >= 15 is 0 Å². The van der Waals surface area contributed by atoms with Crippen molar-refractivity contribution in [3.63, 3.8) is 0 Å². The van der Waals surface area contributed by atoms with Crippen LogP contribution in [-0.2, 0) is 6.54 Å². The molecule has 1 aromatic heterocycles. The van der Waals surface area contributed by atoms with E-state index in [0.717, 1.165) is 29.8 Å². The molecule has 1 N–H and O–H groups in total. The zero-order chi connectivity index (χ0) is 14.0. The van der Waals surface area contributed by atoms with Gasteiger partial charge in [0.2, 0.25) is 0 Å². The van der Waals surface area contributed by atoms with Gasteiger partial charge in [-0.15, -0.1) is 0 Å². The first-order valence-corrected chi connectivity index (χ1v) is 7.81. The number of hydrogen-bond donors (Lipinski definition) is 1. The van der Waals surface area contributed by atoms with Crippen LogP contribution >= 0.6 is 0 Å². The van der Waals surface area contributed by atoms with Crippen molar-refractivity contribution in [3.05, 3.63) is 36.2 Å². The molecule has 0 amide bonds. The molecule has 2 aromatic rings. The summed E-state index contributed by atoms with van der Waals surface area (Å²) in [4.78, 5) is 9.04. The summed E-state index contributed by atoms with van der Waals surface area (Å²) in [6.45, 7) is 4.14. The highest BCUT2D eigenvalue weighted by Gasteiger charge is 1.98. The number of fused-ring (bicyclic) bond motifs is 1. The Morgan fingerprint density at radius 2 is 1.70 bits per heavy atom. The maximum atomic E-state index is 4.61. The molecule has 0 saturated carbocycles. The van der Waals surface area contributed by atoms with Crippen LogP contribution in [0.5, 0.6) is 0 Å². The third kappa shape index (κ3) is 4.89. The van der Waals surface area contributed by atoms with Crippen LogP contribution in [-0.4, -0.2) is 16.5 Å². The largest absolute Gasteiger partial charge is 0.311 e. The third-order valence-electron chi connectivity index (χ3n) is 3.51. The maximum Gasteiger partial charge on any atom is 0.0890 e. The van der Waals surface area contributed by atoms with E-state index in [1.165, 1.54) is 38.5 Å². The molecule has 1 aromatic carbocycles. The number of aromatic nitrogens is 2. The molecule has 0 unspecified atom stereocenters. The molecule has 0 radical (unpaired) electrons. The number of unbranched alkanes of at least 4 members (excludes halogenated alkanes) is 5. The summed E-state index contributed by atoms with van der Waals surface area (Å²) in [5.41, 5.74) is 2.97. The average Bonchev–Trinajstić information content (AvgIpc) is 2.50. The highest BCUT2D eigenvalue weighted by atomic mass is 14.9. The van der Waals surface area contributed by atoms with E-state index in [-0.39, 0.29) is 0 Å². The van der Waals surface area contributed by atoms with Crippen LogP contribution in [0.1, 0.15) is 51.1 Å². The minimum absolute atomic E-state index is 0.812. The average molecular weight is 271 g/mol. The fraction of sp³-hybridized carbons (Fsp3) is 0.529. The Morgan fingerprint density at radius 3 is 2.55 bits per heavy atom. The topological polar surface area (TPSA) is 37.8 Å². The second kappa shape index (κ2) is 8.64. The molecule has 20 heavy (non-hydrogen) atoms. The van der Waals surface area contributed by atoms with Crippen LogP contribution < -0.4 is 5.32 Å². The number of hydrogen-bond acceptors (Lipinski definition) is 3. The predicted octanol–water partition coefficient (Wildman–Crippen LogP) is 4.08. The van der Waals surface area contributed by atoms with Crippen molar-refractivity contribution in [1.82, 2.24) is 15.3 Å². The fourth-order valence-corrected chi connectivity index (χ4v) is 2.33. The molecule has 0 fully saturated rings. The van der Waals surface area contributed by atoms with Crippen LogP contribution in [0.2, 0.25) is 0 Å². The van der Waals surface area contributed by atoms with Crippen molar-refractivity contribution in [2.45, 2.75) is 52.0 Å². The van der Waals surface area contributed by atoms with Crippen molar-refractivity contribution in [2.24, 2.45) is 0 Å². The molecular weight excluding hydrogens is 246 g/mol. The van der Waals surface area contributed by atoms with Gasteiger partial charge < -0.3 is 5.32 Å². The Hall–Kier alpha value is -1.48. The number of para-hydroxylation sites is 2. The highest BCUT2D eigenvalue weighted by molar-refractivity contribution is 5.73. The monoisotopic (exact) mass is 271 g/mol. The molecule has 0 aliphatic carbocycles. The molecule has 0 spiro atoms. The molecule has 0 aliphatic heterocycles. The Kier molecular flexibility index (Phi) is 6.45. The molecule has 0 saturated heterocycles. The molecule has 0 bridgehead atoms. The SMILES string of the molecule is CCCCCCCCNCc1cnc2ccccc2n1. The highest BCUT2D eigenvalue weighted by Crippen LogP contribution is 2.08. The van der Waals surface area contributed by atoms with Crippen LogP contribution in [0, 0.1) is 0 Å². The maximum absolute atomic E-state index is 4.61. The molecule has 0 atom stereocenters. The lowest BCUT2D eigenvalue weighted by atomic mass is 10.1. The minimum atomic E-state index is 0.812. The van der Waals surface area contributed by atoms with Gasteiger partial charge in [0.1, 0.15) is 0 Å². The van der Waals surface area contributed by atoms with E-state index in [9.17, 15) is 0 Å². The molecule has 0 aliphatic rings. The van der Waals surface area contributed by atoms with E-state index in [2.05, 4.69) is 22.2 Å². The Labute approximate surface area is 121 Å². The van der Waals surface area contributed by atoms with E-state index in [1.54, 1.807) is 0 Å². The van der Waals surface area contributed by atoms with Gasteiger partial charge in [0, 0.05) is 6.54 Å². The summed E-state index contributed by atoms with van der Waals surface area (Å²) in [7, 11) is 0. The summed E-state index contributed by atoms with van der Waals surface area (Å²) in [5.74, 6) is 0. The Bertz CT molecular complexity index is 510. The van der Waals surface area contributed by atoms with Crippen LogP contribution in [0.4, 0.5) is 0 Å². The number of nitrogens with zero attached hydrogens (tertiary/aromatic N) is 2. The first-order chi connectivity index (χ1) is 9.90. The van der Waals surface area contributed by atoms with Crippen LogP contribution in [0.15, 0.2) is 30.5 Å². The second-order valence-corrected chi connectivity index (χ2v) is 5.29. The summed E-state index contributed by atoms with van der Waals surface area (Å²) in [6.07, 6.45) is 9.90. The first kappa shape index (κ1) is 14.9. The minimum Gasteiger partial charge on any atom is -0.311 e. The fourth-order valence-electron chi connectivity index (χ4n) is 2.33. The van der Waals surface area contributed by atoms with E-state index in [1.807, 2.05) is 30.5 Å². The van der Waals surface area contributed by atoms with Crippen molar-refractivity contribution in [3.8, 4) is 0 Å². The van der Waals surface area contributed by atoms with E-state index in [0.29, 0.717) is 0 Å². The number of benzene rings is 1. The van der Waals surface area contributed by atoms with Crippen molar-refractivity contribution in [2.75, 3.05) is 6.54 Å². The number of nitrogens with one attached hydrogen (secondary N) is 1. The smallest absolute Gasteiger partial charge is 0.0890 e. The summed E-state index contributed by atoms with van der Waals surface area (Å²) >= 11 is 0. The van der Waals surface area contributed by atoms with Crippen LogP contribution in [0.3, 0.4) is 0 Å². The Morgan fingerprint density at radius 1 is 0.950 bits per heavy atom. The van der Waals surface area contributed by atoms with Gasteiger partial charge in [-0.1, -0.05) is 51.2 Å². The van der Waals surface area contributed by atoms with E-state index in [4.69, 9.17) is 0 Å². The lowest BCUT2D eigenvalue weighted by molar-refractivity contribution is 0.569. The standard InChI is InChI=1S/C17H25N3/c1-2-3-4-5-6-9-12-18-13-15-14-19-16-10-7-8-11-17(16)20-15/h7-8,10-11,14,18H,2-6,9,12-13H2,1H3. The lowest BCUT2D eigenvalue weighted by Gasteiger charge is -2.05. The quantitative estimate of drug-likeness (QED) is 0.698. The predicted molar refractivity (Wildman–Crippen MR) is 84.6 cm³/mol. The van der Waals surface area contributed by atoms with Gasteiger partial charge in [-0.05, 0) is 25.1 Å². The number of rotatable bonds is 9. The molecule has 3 nitrogen and oxygen atoms in total. The molecule has 2 rings (SSSR count). The zero-order valence-corrected chi connectivity index (χ0v) is 12.4. The summed E-state index contributed by atoms with van der Waals surface area (Å²) in [6, 6.07) is 8.01. The summed E-state index contributed by atoms with van der Waals surface area (Å²) < 4.78 is 0. The van der Waals surface area contributed by atoms with Gasteiger partial charge >= 0.3 is 0 Å². The first-order valence-electron chi connectivity index (χ1n) is 7.81. The van der Waals surface area contributed by atoms with Crippen LogP contribution in [0.25, 0.3) is 11.0 Å².